The number of carbonyl (C=O) groups is 1. The van der Waals surface area contributed by atoms with E-state index < -0.39 is 0 Å². The van der Waals surface area contributed by atoms with E-state index in [1.807, 2.05) is 34.0 Å². The molecule has 2 saturated heterocycles. The number of likely N-dealkylation sites (tertiary alicyclic amines) is 1. The Kier molecular flexibility index (Phi) is 6.39. The predicted octanol–water partition coefficient (Wildman–Crippen LogP) is 3.22. The maximum Gasteiger partial charge on any atom is 0.274 e. The van der Waals surface area contributed by atoms with E-state index in [0.29, 0.717) is 11.7 Å². The first-order valence-electron chi connectivity index (χ1n) is 9.47. The molecule has 1 N–H and O–H groups in total. The van der Waals surface area contributed by atoms with Crippen LogP contribution in [0, 0.1) is 0 Å². The van der Waals surface area contributed by atoms with Crippen LogP contribution in [0.2, 0.25) is 0 Å². The Morgan fingerprint density at radius 3 is 2.70 bits per heavy atom. The van der Waals surface area contributed by atoms with Crippen molar-refractivity contribution in [1.29, 1.82) is 0 Å². The number of benzene rings is 1. The van der Waals surface area contributed by atoms with Gasteiger partial charge in [0.15, 0.2) is 0 Å². The quantitative estimate of drug-likeness (QED) is 0.870. The van der Waals surface area contributed by atoms with E-state index in [9.17, 15) is 4.79 Å². The van der Waals surface area contributed by atoms with Gasteiger partial charge in [0.2, 0.25) is 0 Å². The van der Waals surface area contributed by atoms with Crippen molar-refractivity contribution in [2.45, 2.75) is 37.8 Å². The number of methoxy groups -OCH3 is 1. The minimum Gasteiger partial charge on any atom is -0.497 e. The van der Waals surface area contributed by atoms with Gasteiger partial charge in [-0.15, -0.1) is 12.4 Å². The molecule has 2 atom stereocenters. The minimum atomic E-state index is 0. The number of nitrogens with one attached hydrogen (secondary N) is 1. The highest BCUT2D eigenvalue weighted by Gasteiger charge is 2.32. The van der Waals surface area contributed by atoms with Gasteiger partial charge in [-0.05, 0) is 56.0 Å². The Bertz CT molecular complexity index is 756. The lowest BCUT2D eigenvalue weighted by atomic mass is 10.0. The lowest BCUT2D eigenvalue weighted by Gasteiger charge is -2.25. The zero-order chi connectivity index (χ0) is 17.9. The first kappa shape index (κ1) is 19.7. The summed E-state index contributed by atoms with van der Waals surface area (Å²) in [5.41, 5.74) is 1.71. The number of rotatable bonds is 4. The monoisotopic (exact) mass is 390 g/mol. The second kappa shape index (κ2) is 8.76. The average Bonchev–Trinajstić information content (AvgIpc) is 3.38. The third-order valence-corrected chi connectivity index (χ3v) is 5.49. The van der Waals surface area contributed by atoms with Gasteiger partial charge in [0, 0.05) is 19.3 Å². The molecule has 2 unspecified atom stereocenters. The minimum absolute atomic E-state index is 0. The molecule has 3 heterocycles. The van der Waals surface area contributed by atoms with Gasteiger partial charge < -0.3 is 15.0 Å². The Morgan fingerprint density at radius 2 is 2.00 bits per heavy atom. The van der Waals surface area contributed by atoms with Crippen LogP contribution in [0.5, 0.6) is 5.75 Å². The number of amides is 1. The van der Waals surface area contributed by atoms with Crippen LogP contribution in [0.15, 0.2) is 36.5 Å². The van der Waals surface area contributed by atoms with Gasteiger partial charge in [-0.25, -0.2) is 0 Å². The van der Waals surface area contributed by atoms with Crippen LogP contribution in [-0.4, -0.2) is 47.3 Å². The zero-order valence-electron chi connectivity index (χ0n) is 15.6. The highest BCUT2D eigenvalue weighted by molar-refractivity contribution is 5.92. The van der Waals surface area contributed by atoms with E-state index in [1.165, 1.54) is 0 Å². The number of carbonyl (C=O) groups excluding carboxylic acids is 1. The number of ether oxygens (including phenoxy) is 1. The summed E-state index contributed by atoms with van der Waals surface area (Å²) in [6, 6.07) is 10.4. The summed E-state index contributed by atoms with van der Waals surface area (Å²) in [5, 5.41) is 8.00. The van der Waals surface area contributed by atoms with Crippen LogP contribution >= 0.6 is 12.4 Å². The summed E-state index contributed by atoms with van der Waals surface area (Å²) < 4.78 is 7.19. The molecule has 4 rings (SSSR count). The van der Waals surface area contributed by atoms with Gasteiger partial charge in [0.1, 0.15) is 11.4 Å². The van der Waals surface area contributed by atoms with E-state index in [0.717, 1.165) is 56.6 Å². The second-order valence-corrected chi connectivity index (χ2v) is 7.11. The van der Waals surface area contributed by atoms with Crippen LogP contribution in [0.1, 0.15) is 53.8 Å². The summed E-state index contributed by atoms with van der Waals surface area (Å²) in [4.78, 5) is 15.0. The molecule has 2 fully saturated rings. The lowest BCUT2D eigenvalue weighted by molar-refractivity contribution is 0.0728. The fraction of sp³-hybridized carbons (Fsp3) is 0.500. The van der Waals surface area contributed by atoms with Crippen molar-refractivity contribution in [3.63, 3.8) is 0 Å². The Hall–Kier alpha value is -2.05. The normalized spacial score (nSPS) is 22.3. The van der Waals surface area contributed by atoms with Gasteiger partial charge in [-0.2, -0.15) is 5.10 Å². The molecular formula is C20H27ClN4O2. The van der Waals surface area contributed by atoms with Gasteiger partial charge in [0.05, 0.1) is 19.2 Å². The van der Waals surface area contributed by atoms with E-state index in [2.05, 4.69) is 22.5 Å². The summed E-state index contributed by atoms with van der Waals surface area (Å²) in [5.74, 6) is 0.871. The van der Waals surface area contributed by atoms with Crippen molar-refractivity contribution in [2.24, 2.45) is 0 Å². The molecular weight excluding hydrogens is 364 g/mol. The first-order valence-corrected chi connectivity index (χ1v) is 9.47. The topological polar surface area (TPSA) is 59.4 Å². The highest BCUT2D eigenvalue weighted by Crippen LogP contribution is 2.33. The molecule has 6 nitrogen and oxygen atoms in total. The maximum absolute atomic E-state index is 13.1. The van der Waals surface area contributed by atoms with Crippen LogP contribution in [0.4, 0.5) is 0 Å². The van der Waals surface area contributed by atoms with Crippen molar-refractivity contribution in [3.05, 3.63) is 47.8 Å². The van der Waals surface area contributed by atoms with E-state index in [1.54, 1.807) is 7.11 Å². The SMILES string of the molecule is COc1ccc(C2CCCN2C(=O)c2ccn(C3CCCNC3)n2)cc1.Cl. The molecule has 0 spiro atoms. The van der Waals surface area contributed by atoms with Gasteiger partial charge >= 0.3 is 0 Å². The van der Waals surface area contributed by atoms with E-state index in [-0.39, 0.29) is 24.4 Å². The molecule has 0 aliphatic carbocycles. The molecule has 2 aliphatic rings. The van der Waals surface area contributed by atoms with Crippen molar-refractivity contribution >= 4 is 18.3 Å². The molecule has 0 bridgehead atoms. The van der Waals surface area contributed by atoms with Crippen molar-refractivity contribution < 1.29 is 9.53 Å². The largest absolute Gasteiger partial charge is 0.497 e. The number of hydrogen-bond donors (Lipinski definition) is 1. The van der Waals surface area contributed by atoms with Crippen molar-refractivity contribution in [1.82, 2.24) is 20.0 Å². The first-order chi connectivity index (χ1) is 12.8. The Balaban J connectivity index is 0.00000210. The second-order valence-electron chi connectivity index (χ2n) is 7.11. The smallest absolute Gasteiger partial charge is 0.274 e. The van der Waals surface area contributed by atoms with E-state index >= 15 is 0 Å². The molecule has 0 saturated carbocycles. The molecule has 0 radical (unpaired) electrons. The molecule has 2 aliphatic heterocycles. The van der Waals surface area contributed by atoms with Gasteiger partial charge in [-0.3, -0.25) is 9.48 Å². The Morgan fingerprint density at radius 1 is 1.19 bits per heavy atom. The van der Waals surface area contributed by atoms with E-state index in [4.69, 9.17) is 4.74 Å². The fourth-order valence-electron chi connectivity index (χ4n) is 4.04. The van der Waals surface area contributed by atoms with Gasteiger partial charge in [0.25, 0.3) is 5.91 Å². The fourth-order valence-corrected chi connectivity index (χ4v) is 4.04. The molecule has 2 aromatic rings. The average molecular weight is 391 g/mol. The van der Waals surface area contributed by atoms with Crippen molar-refractivity contribution in [3.8, 4) is 5.75 Å². The molecule has 1 aromatic heterocycles. The van der Waals surface area contributed by atoms with Crippen LogP contribution in [0.3, 0.4) is 0 Å². The third-order valence-electron chi connectivity index (χ3n) is 5.49. The lowest BCUT2D eigenvalue weighted by Crippen LogP contribution is -2.33. The number of piperidine rings is 1. The number of aromatic nitrogens is 2. The predicted molar refractivity (Wildman–Crippen MR) is 107 cm³/mol. The number of nitrogens with zero attached hydrogens (tertiary/aromatic N) is 3. The zero-order valence-corrected chi connectivity index (χ0v) is 16.5. The summed E-state index contributed by atoms with van der Waals surface area (Å²) in [6.45, 7) is 2.78. The summed E-state index contributed by atoms with van der Waals surface area (Å²) in [6.07, 6.45) is 6.23. The maximum atomic E-state index is 13.1. The number of halogens is 1. The Labute approximate surface area is 166 Å². The van der Waals surface area contributed by atoms with Crippen LogP contribution in [-0.2, 0) is 0 Å². The van der Waals surface area contributed by atoms with Crippen LogP contribution in [0.25, 0.3) is 0 Å². The standard InChI is InChI=1S/C20H26N4O2.ClH/c1-26-17-8-6-15(7-9-17)19-5-3-12-23(19)20(25)18-10-13-24(22-18)16-4-2-11-21-14-16;/h6-10,13,16,19,21H,2-5,11-12,14H2,1H3;1H. The van der Waals surface area contributed by atoms with Crippen LogP contribution < -0.4 is 10.1 Å². The molecule has 7 heteroatoms. The highest BCUT2D eigenvalue weighted by atomic mass is 35.5. The summed E-state index contributed by atoms with van der Waals surface area (Å²) >= 11 is 0. The molecule has 146 valence electrons. The molecule has 1 aromatic carbocycles. The third kappa shape index (κ3) is 4.12. The molecule has 27 heavy (non-hydrogen) atoms. The van der Waals surface area contributed by atoms with Crippen molar-refractivity contribution in [2.75, 3.05) is 26.7 Å². The summed E-state index contributed by atoms with van der Waals surface area (Å²) in [7, 11) is 1.67. The van der Waals surface area contributed by atoms with Gasteiger partial charge in [-0.1, -0.05) is 12.1 Å². The molecule has 1 amide bonds. The number of hydrogen-bond acceptors (Lipinski definition) is 4.